The zero-order valence-corrected chi connectivity index (χ0v) is 34.4. The van der Waals surface area contributed by atoms with Gasteiger partial charge in [0, 0.05) is 50.0 Å². The van der Waals surface area contributed by atoms with Crippen LogP contribution in [-0.4, -0.2) is 9.13 Å². The Morgan fingerprint density at radius 2 is 0.698 bits per heavy atom. The lowest BCUT2D eigenvalue weighted by molar-refractivity contribution is 1.18. The number of nitrogens with zero attached hydrogens (tertiary/aromatic N) is 3. The summed E-state index contributed by atoms with van der Waals surface area (Å²) in [7, 11) is 0. The van der Waals surface area contributed by atoms with E-state index in [1.54, 1.807) is 0 Å². The summed E-state index contributed by atoms with van der Waals surface area (Å²) in [6.45, 7) is 0. The lowest BCUT2D eigenvalue weighted by Gasteiger charge is -2.26. The van der Waals surface area contributed by atoms with Gasteiger partial charge in [-0.25, -0.2) is 0 Å². The molecule has 0 radical (unpaired) electrons. The van der Waals surface area contributed by atoms with Crippen LogP contribution < -0.4 is 4.90 Å². The van der Waals surface area contributed by atoms with Crippen molar-refractivity contribution in [2.45, 2.75) is 0 Å². The molecule has 3 heteroatoms. The number of rotatable bonds is 7. The van der Waals surface area contributed by atoms with Gasteiger partial charge in [-0.3, -0.25) is 0 Å². The average molecular weight is 802 g/mol. The molecule has 0 amide bonds. The smallest absolute Gasteiger partial charge is 0.0553 e. The SMILES string of the molecule is c1ccc(N(c2ccc(-c3cc4ccc5cc(-c6ccc(-n7c8ccccc8c8ccccc87)cc6)cc6c5c4c(c3)n6-c3ccccc3)cc2)c2ccc3ccccc3c2)cc1. The number of hydrogen-bond donors (Lipinski definition) is 0. The van der Waals surface area contributed by atoms with E-state index < -0.39 is 0 Å². The molecule has 0 N–H and O–H groups in total. The van der Waals surface area contributed by atoms with Crippen molar-refractivity contribution < 1.29 is 0 Å². The zero-order chi connectivity index (χ0) is 41.4. The Hall–Kier alpha value is -8.40. The highest BCUT2D eigenvalue weighted by Gasteiger charge is 2.21. The molecule has 0 aliphatic rings. The van der Waals surface area contributed by atoms with Gasteiger partial charge >= 0.3 is 0 Å². The van der Waals surface area contributed by atoms with Gasteiger partial charge in [0.15, 0.2) is 0 Å². The summed E-state index contributed by atoms with van der Waals surface area (Å²) in [4.78, 5) is 2.34. The van der Waals surface area contributed by atoms with Crippen molar-refractivity contribution in [2.24, 2.45) is 0 Å². The largest absolute Gasteiger partial charge is 0.310 e. The highest BCUT2D eigenvalue weighted by atomic mass is 15.1. The van der Waals surface area contributed by atoms with Crippen LogP contribution in [0.5, 0.6) is 0 Å². The van der Waals surface area contributed by atoms with E-state index in [4.69, 9.17) is 0 Å². The fourth-order valence-corrected chi connectivity index (χ4v) is 10.1. The molecule has 0 aliphatic heterocycles. The van der Waals surface area contributed by atoms with E-state index in [0.717, 1.165) is 28.4 Å². The van der Waals surface area contributed by atoms with Gasteiger partial charge in [0.05, 0.1) is 22.1 Å². The van der Waals surface area contributed by atoms with E-state index in [1.165, 1.54) is 87.4 Å². The first kappa shape index (κ1) is 35.4. The molecule has 2 heterocycles. The van der Waals surface area contributed by atoms with Crippen molar-refractivity contribution in [1.29, 1.82) is 0 Å². The second kappa shape index (κ2) is 14.1. The molecule has 0 saturated carbocycles. The number of fused-ring (bicyclic) bond motifs is 4. The Balaban J connectivity index is 0.930. The Morgan fingerprint density at radius 3 is 1.32 bits per heavy atom. The minimum Gasteiger partial charge on any atom is -0.310 e. The van der Waals surface area contributed by atoms with E-state index >= 15 is 0 Å². The van der Waals surface area contributed by atoms with Crippen LogP contribution in [0.1, 0.15) is 0 Å². The first-order valence-corrected chi connectivity index (χ1v) is 21.7. The van der Waals surface area contributed by atoms with Crippen LogP contribution in [0.2, 0.25) is 0 Å². The summed E-state index contributed by atoms with van der Waals surface area (Å²) in [5.41, 5.74) is 15.3. The van der Waals surface area contributed by atoms with Crippen molar-refractivity contribution in [1.82, 2.24) is 9.13 Å². The average Bonchev–Trinajstić information content (AvgIpc) is 3.87. The first-order valence-electron chi connectivity index (χ1n) is 21.7. The molecule has 0 unspecified atom stereocenters. The van der Waals surface area contributed by atoms with Crippen LogP contribution >= 0.6 is 0 Å². The second-order valence-electron chi connectivity index (χ2n) is 16.6. The highest BCUT2D eigenvalue weighted by molar-refractivity contribution is 6.25. The minimum atomic E-state index is 1.11. The van der Waals surface area contributed by atoms with Crippen LogP contribution in [-0.2, 0) is 0 Å². The molecule has 0 saturated heterocycles. The van der Waals surface area contributed by atoms with E-state index in [2.05, 4.69) is 251 Å². The summed E-state index contributed by atoms with van der Waals surface area (Å²) in [5, 5.41) is 10.1. The molecule has 2 aromatic heterocycles. The Kier molecular flexibility index (Phi) is 7.91. The van der Waals surface area contributed by atoms with Gasteiger partial charge in [-0.05, 0) is 141 Å². The van der Waals surface area contributed by atoms with Crippen LogP contribution in [0.4, 0.5) is 17.1 Å². The van der Waals surface area contributed by atoms with Crippen molar-refractivity contribution in [3.8, 4) is 33.6 Å². The van der Waals surface area contributed by atoms with Gasteiger partial charge in [0.2, 0.25) is 0 Å². The standard InChI is InChI=1S/C60H39N3/c1-3-15-48(16-4-1)61(52-34-29-40-13-7-8-14-43(40)37-52)50-30-25-41(26-31-50)46-35-44-23-24-45-36-47(39-58-60(45)59(44)57(38-46)63(58)49-17-5-2-6-18-49)42-27-32-51(33-28-42)62-55-21-11-9-19-53(55)54-20-10-12-22-56(54)62/h1-39H. The highest BCUT2D eigenvalue weighted by Crippen LogP contribution is 2.44. The molecule has 3 nitrogen and oxygen atoms in total. The van der Waals surface area contributed by atoms with Crippen molar-refractivity contribution in [2.75, 3.05) is 4.90 Å². The third-order valence-corrected chi connectivity index (χ3v) is 13.0. The normalized spacial score (nSPS) is 11.8. The van der Waals surface area contributed by atoms with Crippen LogP contribution in [0.3, 0.4) is 0 Å². The van der Waals surface area contributed by atoms with E-state index in [-0.39, 0.29) is 0 Å². The number of anilines is 3. The van der Waals surface area contributed by atoms with Crippen LogP contribution in [0, 0.1) is 0 Å². The van der Waals surface area contributed by atoms with E-state index in [0.29, 0.717) is 0 Å². The van der Waals surface area contributed by atoms with E-state index in [1.807, 2.05) is 0 Å². The maximum Gasteiger partial charge on any atom is 0.0553 e. The fraction of sp³-hybridized carbons (Fsp3) is 0. The van der Waals surface area contributed by atoms with Crippen molar-refractivity contribution in [3.63, 3.8) is 0 Å². The number of aromatic nitrogens is 2. The van der Waals surface area contributed by atoms with Gasteiger partial charge in [0.1, 0.15) is 0 Å². The summed E-state index contributed by atoms with van der Waals surface area (Å²) in [6.07, 6.45) is 0. The summed E-state index contributed by atoms with van der Waals surface area (Å²) in [5.74, 6) is 0. The molecule has 0 aliphatic carbocycles. The molecule has 13 aromatic rings. The minimum absolute atomic E-state index is 1.11. The first-order chi connectivity index (χ1) is 31.2. The molecule has 0 atom stereocenters. The lowest BCUT2D eigenvalue weighted by atomic mass is 9.95. The molecule has 11 aromatic carbocycles. The quantitative estimate of drug-likeness (QED) is 0.146. The maximum absolute atomic E-state index is 2.47. The molecule has 0 spiro atoms. The van der Waals surface area contributed by atoms with Gasteiger partial charge in [-0.1, -0.05) is 140 Å². The maximum atomic E-state index is 2.47. The molecule has 13 rings (SSSR count). The van der Waals surface area contributed by atoms with Crippen molar-refractivity contribution >= 4 is 82.2 Å². The Morgan fingerprint density at radius 1 is 0.254 bits per heavy atom. The van der Waals surface area contributed by atoms with Gasteiger partial charge in [-0.2, -0.15) is 0 Å². The van der Waals surface area contributed by atoms with Gasteiger partial charge in [-0.15, -0.1) is 0 Å². The Labute approximate surface area is 364 Å². The predicted octanol–water partition coefficient (Wildman–Crippen LogP) is 16.4. The molecular formula is C60H39N3. The monoisotopic (exact) mass is 801 g/mol. The summed E-state index contributed by atoms with van der Waals surface area (Å²) < 4.78 is 4.85. The van der Waals surface area contributed by atoms with Gasteiger partial charge in [0.25, 0.3) is 0 Å². The second-order valence-corrected chi connectivity index (χ2v) is 16.6. The number of para-hydroxylation sites is 4. The number of benzene rings is 11. The third-order valence-electron chi connectivity index (χ3n) is 13.0. The molecule has 0 bridgehead atoms. The third kappa shape index (κ3) is 5.67. The molecule has 63 heavy (non-hydrogen) atoms. The summed E-state index contributed by atoms with van der Waals surface area (Å²) >= 11 is 0. The zero-order valence-electron chi connectivity index (χ0n) is 34.4. The van der Waals surface area contributed by atoms with E-state index in [9.17, 15) is 0 Å². The molecular weight excluding hydrogens is 763 g/mol. The molecule has 0 fully saturated rings. The van der Waals surface area contributed by atoms with Gasteiger partial charge < -0.3 is 14.0 Å². The number of hydrogen-bond acceptors (Lipinski definition) is 1. The fourth-order valence-electron chi connectivity index (χ4n) is 10.1. The lowest BCUT2D eigenvalue weighted by Crippen LogP contribution is -2.09. The molecule has 294 valence electrons. The van der Waals surface area contributed by atoms with Crippen LogP contribution in [0.15, 0.2) is 237 Å². The van der Waals surface area contributed by atoms with Crippen LogP contribution in [0.25, 0.3) is 98.8 Å². The Bertz CT molecular complexity index is 3770. The topological polar surface area (TPSA) is 13.1 Å². The van der Waals surface area contributed by atoms with Crippen molar-refractivity contribution in [3.05, 3.63) is 237 Å². The summed E-state index contributed by atoms with van der Waals surface area (Å²) in [6, 6.07) is 86.4. The predicted molar refractivity (Wildman–Crippen MR) is 267 cm³/mol.